The summed E-state index contributed by atoms with van der Waals surface area (Å²) < 4.78 is 6.29. The Bertz CT molecular complexity index is 484. The van der Waals surface area contributed by atoms with Crippen molar-refractivity contribution in [3.63, 3.8) is 0 Å². The number of halogens is 1. The van der Waals surface area contributed by atoms with Gasteiger partial charge in [0.2, 0.25) is 0 Å². The van der Waals surface area contributed by atoms with Crippen LogP contribution in [-0.4, -0.2) is 40.6 Å². The second-order valence-electron chi connectivity index (χ2n) is 4.74. The van der Waals surface area contributed by atoms with Crippen molar-refractivity contribution in [3.05, 3.63) is 28.7 Å². The summed E-state index contributed by atoms with van der Waals surface area (Å²) in [4.78, 5) is 24.6. The van der Waals surface area contributed by atoms with Gasteiger partial charge in [-0.2, -0.15) is 0 Å². The van der Waals surface area contributed by atoms with Gasteiger partial charge in [-0.15, -0.1) is 0 Å². The molecule has 0 fully saturated rings. The molecule has 0 radical (unpaired) electrons. The molecule has 1 aromatic carbocycles. The first kappa shape index (κ1) is 16.5. The second kappa shape index (κ2) is 6.74. The summed E-state index contributed by atoms with van der Waals surface area (Å²) in [6.45, 7) is 4.85. The fraction of sp³-hybridized carbons (Fsp3) is 0.429. The van der Waals surface area contributed by atoms with Gasteiger partial charge in [-0.25, -0.2) is 4.79 Å². The zero-order valence-corrected chi connectivity index (χ0v) is 13.3. The topological polar surface area (TPSA) is 66.8 Å². The molecule has 0 atom stereocenters. The zero-order valence-electron chi connectivity index (χ0n) is 11.7. The number of carboxylic acid groups (broad SMARTS) is 1. The lowest BCUT2D eigenvalue weighted by atomic mass is 10.0. The lowest BCUT2D eigenvalue weighted by molar-refractivity contribution is -0.157. The quantitative estimate of drug-likeness (QED) is 0.861. The number of hydrogen-bond acceptors (Lipinski definition) is 3. The molecule has 1 rings (SSSR count). The Labute approximate surface area is 126 Å². The Kier molecular flexibility index (Phi) is 5.56. The summed E-state index contributed by atoms with van der Waals surface area (Å²) >= 11 is 3.31. The van der Waals surface area contributed by atoms with Crippen LogP contribution in [0.2, 0.25) is 0 Å². The van der Waals surface area contributed by atoms with Crippen LogP contribution in [0.1, 0.15) is 20.8 Å². The summed E-state index contributed by atoms with van der Waals surface area (Å²) in [5.41, 5.74) is -1.26. The van der Waals surface area contributed by atoms with Gasteiger partial charge in [-0.05, 0) is 45.0 Å². The second-order valence-corrected chi connectivity index (χ2v) is 5.66. The standard InChI is InChI=1S/C14H18BrNO4/c1-4-16(14(2,3)13(18)19)12(17)9-20-11-7-5-10(15)6-8-11/h5-8H,4,9H2,1-3H3,(H,18,19). The first-order valence-electron chi connectivity index (χ1n) is 6.21. The van der Waals surface area contributed by atoms with E-state index in [0.717, 1.165) is 4.47 Å². The minimum atomic E-state index is -1.26. The van der Waals surface area contributed by atoms with Gasteiger partial charge in [0.25, 0.3) is 5.91 Å². The molecule has 0 unspecified atom stereocenters. The number of carbonyl (C=O) groups excluding carboxylic acids is 1. The van der Waals surface area contributed by atoms with Gasteiger partial charge in [-0.1, -0.05) is 15.9 Å². The predicted octanol–water partition coefficient (Wildman–Crippen LogP) is 2.54. The molecule has 110 valence electrons. The highest BCUT2D eigenvalue weighted by Gasteiger charge is 2.36. The van der Waals surface area contributed by atoms with Crippen molar-refractivity contribution in [1.82, 2.24) is 4.90 Å². The van der Waals surface area contributed by atoms with Crippen molar-refractivity contribution < 1.29 is 19.4 Å². The molecular weight excluding hydrogens is 326 g/mol. The maximum atomic E-state index is 12.1. The number of carboxylic acids is 1. The van der Waals surface area contributed by atoms with Crippen molar-refractivity contribution >= 4 is 27.8 Å². The molecule has 0 aromatic heterocycles. The average molecular weight is 344 g/mol. The maximum absolute atomic E-state index is 12.1. The molecule has 0 aliphatic carbocycles. The van der Waals surface area contributed by atoms with Gasteiger partial charge in [0.05, 0.1) is 0 Å². The largest absolute Gasteiger partial charge is 0.484 e. The molecule has 0 heterocycles. The number of hydrogen-bond donors (Lipinski definition) is 1. The Morgan fingerprint density at radius 1 is 1.30 bits per heavy atom. The van der Waals surface area contributed by atoms with Gasteiger partial charge in [-0.3, -0.25) is 4.79 Å². The maximum Gasteiger partial charge on any atom is 0.329 e. The van der Waals surface area contributed by atoms with Crippen LogP contribution in [0.3, 0.4) is 0 Å². The first-order valence-corrected chi connectivity index (χ1v) is 7.00. The summed E-state index contributed by atoms with van der Waals surface area (Å²) in [7, 11) is 0. The molecule has 1 N–H and O–H groups in total. The SMILES string of the molecule is CCN(C(=O)COc1ccc(Br)cc1)C(C)(C)C(=O)O. The van der Waals surface area contributed by atoms with Gasteiger partial charge < -0.3 is 14.7 Å². The van der Waals surface area contributed by atoms with Crippen LogP contribution < -0.4 is 4.74 Å². The first-order chi connectivity index (χ1) is 9.28. The average Bonchev–Trinajstić information content (AvgIpc) is 2.38. The third kappa shape index (κ3) is 3.96. The fourth-order valence-electron chi connectivity index (χ4n) is 1.75. The zero-order chi connectivity index (χ0) is 15.3. The van der Waals surface area contributed by atoms with Crippen LogP contribution in [0, 0.1) is 0 Å². The summed E-state index contributed by atoms with van der Waals surface area (Å²) in [6, 6.07) is 7.07. The Balaban J connectivity index is 2.69. The normalized spacial score (nSPS) is 11.0. The number of benzene rings is 1. The Morgan fingerprint density at radius 3 is 2.30 bits per heavy atom. The molecule has 0 bridgehead atoms. The van der Waals surface area contributed by atoms with Crippen LogP contribution >= 0.6 is 15.9 Å². The molecule has 5 nitrogen and oxygen atoms in total. The van der Waals surface area contributed by atoms with E-state index in [1.165, 1.54) is 18.7 Å². The van der Waals surface area contributed by atoms with E-state index in [2.05, 4.69) is 15.9 Å². The molecule has 1 aromatic rings. The molecule has 1 amide bonds. The van der Waals surface area contributed by atoms with Crippen molar-refractivity contribution in [3.8, 4) is 5.75 Å². The third-order valence-corrected chi connectivity index (χ3v) is 3.52. The number of amides is 1. The third-order valence-electron chi connectivity index (χ3n) is 2.99. The molecule has 0 saturated heterocycles. The van der Waals surface area contributed by atoms with E-state index in [1.807, 2.05) is 0 Å². The highest BCUT2D eigenvalue weighted by Crippen LogP contribution is 2.18. The lowest BCUT2D eigenvalue weighted by Gasteiger charge is -2.34. The van der Waals surface area contributed by atoms with Gasteiger partial charge in [0.15, 0.2) is 6.61 Å². The number of carbonyl (C=O) groups is 2. The highest BCUT2D eigenvalue weighted by atomic mass is 79.9. The Hall–Kier alpha value is -1.56. The van der Waals surface area contributed by atoms with E-state index in [4.69, 9.17) is 9.84 Å². The summed E-state index contributed by atoms with van der Waals surface area (Å²) in [5.74, 6) is -0.843. The van der Waals surface area contributed by atoms with Crippen LogP contribution in [0.25, 0.3) is 0 Å². The van der Waals surface area contributed by atoms with Crippen molar-refractivity contribution in [2.45, 2.75) is 26.3 Å². The number of nitrogens with zero attached hydrogens (tertiary/aromatic N) is 1. The van der Waals surface area contributed by atoms with Crippen LogP contribution in [-0.2, 0) is 9.59 Å². The smallest absolute Gasteiger partial charge is 0.329 e. The molecular formula is C14H18BrNO4. The van der Waals surface area contributed by atoms with Gasteiger partial charge in [0.1, 0.15) is 11.3 Å². The van der Waals surface area contributed by atoms with E-state index < -0.39 is 11.5 Å². The highest BCUT2D eigenvalue weighted by molar-refractivity contribution is 9.10. The summed E-state index contributed by atoms with van der Waals surface area (Å²) in [6.07, 6.45) is 0. The van der Waals surface area contributed by atoms with E-state index in [-0.39, 0.29) is 12.5 Å². The minimum absolute atomic E-state index is 0.188. The van der Waals surface area contributed by atoms with Crippen LogP contribution in [0.5, 0.6) is 5.75 Å². The molecule has 0 saturated carbocycles. The van der Waals surface area contributed by atoms with Crippen molar-refractivity contribution in [1.29, 1.82) is 0 Å². The van der Waals surface area contributed by atoms with Crippen LogP contribution in [0.4, 0.5) is 0 Å². The van der Waals surface area contributed by atoms with E-state index >= 15 is 0 Å². The number of aliphatic carboxylic acids is 1. The molecule has 0 spiro atoms. The van der Waals surface area contributed by atoms with E-state index in [0.29, 0.717) is 12.3 Å². The number of likely N-dealkylation sites (N-methyl/N-ethyl adjacent to an activating group) is 1. The monoisotopic (exact) mass is 343 g/mol. The van der Waals surface area contributed by atoms with Crippen molar-refractivity contribution in [2.24, 2.45) is 0 Å². The van der Waals surface area contributed by atoms with E-state index in [1.54, 1.807) is 31.2 Å². The number of ether oxygens (including phenoxy) is 1. The predicted molar refractivity (Wildman–Crippen MR) is 78.7 cm³/mol. The van der Waals surface area contributed by atoms with Crippen molar-refractivity contribution in [2.75, 3.05) is 13.2 Å². The molecule has 0 aliphatic heterocycles. The lowest BCUT2D eigenvalue weighted by Crippen LogP contribution is -2.54. The van der Waals surface area contributed by atoms with E-state index in [9.17, 15) is 9.59 Å². The molecule has 0 aliphatic rings. The van der Waals surface area contributed by atoms with Gasteiger partial charge in [0, 0.05) is 11.0 Å². The number of rotatable bonds is 6. The minimum Gasteiger partial charge on any atom is -0.484 e. The van der Waals surface area contributed by atoms with Crippen LogP contribution in [0.15, 0.2) is 28.7 Å². The molecule has 20 heavy (non-hydrogen) atoms. The summed E-state index contributed by atoms with van der Waals surface area (Å²) in [5, 5.41) is 9.17. The molecule has 6 heteroatoms. The fourth-order valence-corrected chi connectivity index (χ4v) is 2.02. The Morgan fingerprint density at radius 2 is 1.85 bits per heavy atom. The van der Waals surface area contributed by atoms with Gasteiger partial charge >= 0.3 is 5.97 Å².